The zero-order valence-corrected chi connectivity index (χ0v) is 22.5. The highest BCUT2D eigenvalue weighted by atomic mass is 32.1. The number of rotatable bonds is 10. The Hall–Kier alpha value is -3.83. The summed E-state index contributed by atoms with van der Waals surface area (Å²) in [7, 11) is 1.62. The van der Waals surface area contributed by atoms with Crippen LogP contribution in [0.2, 0.25) is 0 Å². The lowest BCUT2D eigenvalue weighted by Gasteiger charge is -2.29. The van der Waals surface area contributed by atoms with Crippen LogP contribution in [0.4, 0.5) is 16.1 Å². The van der Waals surface area contributed by atoms with E-state index in [0.29, 0.717) is 29.8 Å². The van der Waals surface area contributed by atoms with Crippen LogP contribution in [0.1, 0.15) is 46.3 Å². The molecule has 204 valence electrons. The summed E-state index contributed by atoms with van der Waals surface area (Å²) in [6, 6.07) is 9.89. The molecule has 5 rings (SSSR count). The maximum absolute atomic E-state index is 13.7. The van der Waals surface area contributed by atoms with E-state index in [1.54, 1.807) is 31.5 Å². The van der Waals surface area contributed by atoms with Gasteiger partial charge in [-0.3, -0.25) is 9.59 Å². The van der Waals surface area contributed by atoms with Gasteiger partial charge < -0.3 is 24.5 Å². The maximum Gasteiger partial charge on any atom is 0.303 e. The summed E-state index contributed by atoms with van der Waals surface area (Å²) in [4.78, 5) is 36.3. The second kappa shape index (κ2) is 11.5. The Labute approximate surface area is 228 Å². The molecule has 1 fully saturated rings. The first-order valence-corrected chi connectivity index (χ1v) is 13.5. The van der Waals surface area contributed by atoms with Crippen molar-refractivity contribution in [1.29, 1.82) is 0 Å². The first-order valence-electron chi connectivity index (χ1n) is 12.7. The lowest BCUT2D eigenvalue weighted by Crippen LogP contribution is -2.40. The minimum Gasteiger partial charge on any atom is -0.481 e. The Morgan fingerprint density at radius 2 is 2.10 bits per heavy atom. The number of carbonyl (C=O) groups is 2. The third-order valence-electron chi connectivity index (χ3n) is 6.84. The number of nitrogens with zero attached hydrogens (tertiary/aromatic N) is 3. The van der Waals surface area contributed by atoms with E-state index in [4.69, 9.17) is 14.3 Å². The highest BCUT2D eigenvalue weighted by molar-refractivity contribution is 7.11. The molecule has 0 spiro atoms. The molecule has 39 heavy (non-hydrogen) atoms. The Morgan fingerprint density at radius 3 is 2.90 bits per heavy atom. The van der Waals surface area contributed by atoms with Gasteiger partial charge in [-0.05, 0) is 61.6 Å². The fourth-order valence-corrected chi connectivity index (χ4v) is 5.97. The van der Waals surface area contributed by atoms with Crippen LogP contribution in [0.3, 0.4) is 0 Å². The van der Waals surface area contributed by atoms with Crippen LogP contribution in [0, 0.1) is 12.7 Å². The number of aliphatic carboxylic acids is 1. The fourth-order valence-electron chi connectivity index (χ4n) is 4.92. The van der Waals surface area contributed by atoms with Crippen molar-refractivity contribution in [2.45, 2.75) is 51.1 Å². The number of aryl methyl sites for hydroxylation is 2. The van der Waals surface area contributed by atoms with E-state index in [0.717, 1.165) is 33.9 Å². The fraction of sp³-hybridized carbons (Fsp3) is 0.357. The molecule has 0 radical (unpaired) electrons. The van der Waals surface area contributed by atoms with E-state index in [1.165, 1.54) is 23.5 Å². The summed E-state index contributed by atoms with van der Waals surface area (Å²) in [5, 5.41) is 12.8. The number of fused-ring (bicyclic) bond motifs is 1. The van der Waals surface area contributed by atoms with E-state index in [2.05, 4.69) is 15.3 Å². The van der Waals surface area contributed by atoms with Crippen molar-refractivity contribution in [3.8, 4) is 0 Å². The SMILES string of the molecule is COC[C@@H]1CC[C@@H](c2ncc(CCC(=O)O)s2)N1C(=O)Cc1ccc2nc(Nc3cc(F)ccc3C)oc2c1. The number of carboxylic acid groups (broad SMARTS) is 1. The standard InChI is InChI=1S/C28H29FN4O5S/c1-16-3-5-18(29)13-22(16)32-28-31-21-8-4-17(11-24(21)38-28)12-25(34)33-19(15-37-2)6-9-23(33)27-30-14-20(39-27)7-10-26(35)36/h3-5,8,11,13-14,19,23H,6-7,9-10,12,15H2,1-2H3,(H,31,32)(H,35,36)/t19-,23-/m0/s1. The number of carbonyl (C=O) groups excluding carboxylic acids is 1. The van der Waals surface area contributed by atoms with Crippen molar-refractivity contribution < 1.29 is 28.2 Å². The quantitative estimate of drug-likeness (QED) is 0.268. The zero-order chi connectivity index (χ0) is 27.5. The van der Waals surface area contributed by atoms with Crippen LogP contribution < -0.4 is 5.32 Å². The summed E-state index contributed by atoms with van der Waals surface area (Å²) >= 11 is 1.46. The largest absolute Gasteiger partial charge is 0.481 e. The molecule has 0 saturated carbocycles. The Balaban J connectivity index is 1.33. The number of likely N-dealkylation sites (tertiary alicyclic amines) is 1. The monoisotopic (exact) mass is 552 g/mol. The van der Waals surface area contributed by atoms with Crippen molar-refractivity contribution in [1.82, 2.24) is 14.9 Å². The summed E-state index contributed by atoms with van der Waals surface area (Å²) < 4.78 is 24.9. The summed E-state index contributed by atoms with van der Waals surface area (Å²) in [6.07, 6.45) is 3.90. The van der Waals surface area contributed by atoms with Crippen LogP contribution in [0.15, 0.2) is 47.0 Å². The second-order valence-corrected chi connectivity index (χ2v) is 10.8. The number of anilines is 2. The third-order valence-corrected chi connectivity index (χ3v) is 8.00. The molecule has 0 bridgehead atoms. The number of hydrogen-bond donors (Lipinski definition) is 2. The summed E-state index contributed by atoms with van der Waals surface area (Å²) in [5.74, 6) is -1.26. The van der Waals surface area contributed by atoms with Gasteiger partial charge in [-0.2, -0.15) is 4.98 Å². The van der Waals surface area contributed by atoms with E-state index in [1.807, 2.05) is 17.9 Å². The van der Waals surface area contributed by atoms with Crippen LogP contribution in [-0.4, -0.2) is 51.6 Å². The molecule has 3 heterocycles. The molecular weight excluding hydrogens is 523 g/mol. The van der Waals surface area contributed by atoms with Gasteiger partial charge >= 0.3 is 5.97 Å². The predicted octanol–water partition coefficient (Wildman–Crippen LogP) is 5.41. The van der Waals surface area contributed by atoms with Gasteiger partial charge in [0.05, 0.1) is 31.5 Å². The van der Waals surface area contributed by atoms with Gasteiger partial charge in [-0.15, -0.1) is 11.3 Å². The summed E-state index contributed by atoms with van der Waals surface area (Å²) in [5.41, 5.74) is 3.33. The average Bonchev–Trinajstić information content (AvgIpc) is 3.63. The number of hydrogen-bond acceptors (Lipinski definition) is 8. The van der Waals surface area contributed by atoms with Crippen molar-refractivity contribution >= 4 is 46.0 Å². The summed E-state index contributed by atoms with van der Waals surface area (Å²) in [6.45, 7) is 2.29. The molecule has 1 saturated heterocycles. The lowest BCUT2D eigenvalue weighted by atomic mass is 10.1. The maximum atomic E-state index is 13.7. The van der Waals surface area contributed by atoms with E-state index in [9.17, 15) is 14.0 Å². The minimum atomic E-state index is -0.849. The number of ether oxygens (including phenoxy) is 1. The highest BCUT2D eigenvalue weighted by Gasteiger charge is 2.39. The van der Waals surface area contributed by atoms with Crippen LogP contribution in [-0.2, 0) is 27.2 Å². The minimum absolute atomic E-state index is 0.0461. The van der Waals surface area contributed by atoms with Gasteiger partial charge in [0.25, 0.3) is 6.01 Å². The van der Waals surface area contributed by atoms with E-state index >= 15 is 0 Å². The van der Waals surface area contributed by atoms with E-state index in [-0.39, 0.29) is 42.7 Å². The highest BCUT2D eigenvalue weighted by Crippen LogP contribution is 2.39. The number of amides is 1. The van der Waals surface area contributed by atoms with Crippen LogP contribution in [0.25, 0.3) is 11.1 Å². The van der Waals surface area contributed by atoms with Crippen LogP contribution in [0.5, 0.6) is 0 Å². The van der Waals surface area contributed by atoms with Gasteiger partial charge in [0.15, 0.2) is 5.58 Å². The molecule has 0 unspecified atom stereocenters. The molecule has 1 aliphatic rings. The number of methoxy groups -OCH3 is 1. The molecule has 1 aliphatic heterocycles. The molecule has 0 aliphatic carbocycles. The number of thiazole rings is 1. The van der Waals surface area contributed by atoms with Gasteiger partial charge in [-0.25, -0.2) is 9.37 Å². The average molecular weight is 553 g/mol. The molecule has 9 nitrogen and oxygen atoms in total. The van der Waals surface area contributed by atoms with Gasteiger partial charge in [0.2, 0.25) is 5.91 Å². The van der Waals surface area contributed by atoms with Gasteiger partial charge in [0.1, 0.15) is 16.3 Å². The number of nitrogens with one attached hydrogen (secondary N) is 1. The molecule has 2 atom stereocenters. The molecule has 1 amide bonds. The van der Waals surface area contributed by atoms with Gasteiger partial charge in [0, 0.05) is 23.9 Å². The Morgan fingerprint density at radius 1 is 1.26 bits per heavy atom. The lowest BCUT2D eigenvalue weighted by molar-refractivity contribution is -0.137. The van der Waals surface area contributed by atoms with Crippen molar-refractivity contribution in [3.05, 3.63) is 69.4 Å². The molecular formula is C28H29FN4O5S. The first-order chi connectivity index (χ1) is 18.8. The van der Waals surface area contributed by atoms with Crippen molar-refractivity contribution in [3.63, 3.8) is 0 Å². The normalized spacial score (nSPS) is 17.2. The number of aromatic nitrogens is 2. The third kappa shape index (κ3) is 6.10. The van der Waals surface area contributed by atoms with Crippen molar-refractivity contribution in [2.24, 2.45) is 0 Å². The topological polar surface area (TPSA) is 118 Å². The van der Waals surface area contributed by atoms with Crippen molar-refractivity contribution in [2.75, 3.05) is 19.0 Å². The number of benzene rings is 2. The molecule has 2 N–H and O–H groups in total. The first kappa shape index (κ1) is 26.8. The molecule has 11 heteroatoms. The Kier molecular flexibility index (Phi) is 7.89. The molecule has 4 aromatic rings. The smallest absolute Gasteiger partial charge is 0.303 e. The Bertz CT molecular complexity index is 1500. The zero-order valence-electron chi connectivity index (χ0n) is 21.6. The molecule has 2 aromatic carbocycles. The number of halogens is 1. The predicted molar refractivity (Wildman–Crippen MR) is 145 cm³/mol. The van der Waals surface area contributed by atoms with Crippen LogP contribution >= 0.6 is 11.3 Å². The van der Waals surface area contributed by atoms with Gasteiger partial charge in [-0.1, -0.05) is 12.1 Å². The number of carboxylic acids is 1. The van der Waals surface area contributed by atoms with E-state index < -0.39 is 5.97 Å². The second-order valence-electron chi connectivity index (χ2n) is 9.64. The molecule has 2 aromatic heterocycles. The number of oxazole rings is 1.